The first-order valence-electron chi connectivity index (χ1n) is 6.96. The summed E-state index contributed by atoms with van der Waals surface area (Å²) >= 11 is 1.63. The van der Waals surface area contributed by atoms with Crippen LogP contribution in [0.15, 0.2) is 35.2 Å². The summed E-state index contributed by atoms with van der Waals surface area (Å²) in [5.74, 6) is 0.729. The molecular weight excluding hydrogens is 256 g/mol. The lowest BCUT2D eigenvalue weighted by Gasteiger charge is -2.20. The Morgan fingerprint density at radius 2 is 2.11 bits per heavy atom. The molecule has 2 atom stereocenters. The summed E-state index contributed by atoms with van der Waals surface area (Å²) in [6.45, 7) is 2.59. The van der Waals surface area contributed by atoms with Crippen molar-refractivity contribution in [1.29, 1.82) is 0 Å². The molecule has 0 aromatic heterocycles. The third-order valence-electron chi connectivity index (χ3n) is 3.46. The van der Waals surface area contributed by atoms with Crippen molar-refractivity contribution in [3.05, 3.63) is 30.3 Å². The summed E-state index contributed by atoms with van der Waals surface area (Å²) in [4.78, 5) is 13.4. The number of thioether (sulfide) groups is 1. The molecule has 4 heteroatoms. The van der Waals surface area contributed by atoms with E-state index in [4.69, 9.17) is 5.73 Å². The summed E-state index contributed by atoms with van der Waals surface area (Å²) in [5, 5.41) is 3.08. The molecule has 0 heterocycles. The molecule has 1 saturated carbocycles. The van der Waals surface area contributed by atoms with Crippen LogP contribution in [0.4, 0.5) is 0 Å². The van der Waals surface area contributed by atoms with E-state index in [-0.39, 0.29) is 17.2 Å². The Morgan fingerprint density at radius 1 is 1.42 bits per heavy atom. The van der Waals surface area contributed by atoms with E-state index in [1.165, 1.54) is 12.8 Å². The number of carbonyl (C=O) groups excluding carboxylic acids is 1. The van der Waals surface area contributed by atoms with Crippen LogP contribution in [0.1, 0.15) is 26.2 Å². The molecule has 0 radical (unpaired) electrons. The van der Waals surface area contributed by atoms with Gasteiger partial charge in [0.2, 0.25) is 5.91 Å². The Labute approximate surface area is 119 Å². The lowest BCUT2D eigenvalue weighted by Crippen LogP contribution is -2.45. The van der Waals surface area contributed by atoms with Crippen LogP contribution in [-0.4, -0.2) is 23.7 Å². The topological polar surface area (TPSA) is 55.1 Å². The second-order valence-corrected chi connectivity index (χ2v) is 6.29. The van der Waals surface area contributed by atoms with Gasteiger partial charge in [-0.15, -0.1) is 11.8 Å². The minimum Gasteiger partial charge on any atom is -0.351 e. The quantitative estimate of drug-likeness (QED) is 0.753. The Morgan fingerprint density at radius 3 is 2.63 bits per heavy atom. The van der Waals surface area contributed by atoms with Crippen LogP contribution < -0.4 is 11.1 Å². The standard InChI is InChI=1S/C15H22N2OS/c1-2-14(19-12-6-4-3-5-7-12)15(18)17-13(10-16)11-8-9-11/h3-7,11,13-14H,2,8-10,16H2,1H3,(H,17,18). The van der Waals surface area contributed by atoms with Crippen molar-refractivity contribution < 1.29 is 4.79 Å². The van der Waals surface area contributed by atoms with Crippen LogP contribution in [0.25, 0.3) is 0 Å². The van der Waals surface area contributed by atoms with Gasteiger partial charge in [0.15, 0.2) is 0 Å². The lowest BCUT2D eigenvalue weighted by molar-refractivity contribution is -0.121. The van der Waals surface area contributed by atoms with Crippen LogP contribution in [0, 0.1) is 5.92 Å². The fourth-order valence-electron chi connectivity index (χ4n) is 2.13. The normalized spacial score (nSPS) is 17.8. The fraction of sp³-hybridized carbons (Fsp3) is 0.533. The third-order valence-corrected chi connectivity index (χ3v) is 4.83. The molecule has 1 aliphatic rings. The number of rotatable bonds is 7. The molecule has 0 spiro atoms. The van der Waals surface area contributed by atoms with Crippen LogP contribution >= 0.6 is 11.8 Å². The molecule has 19 heavy (non-hydrogen) atoms. The number of nitrogens with two attached hydrogens (primary N) is 1. The van der Waals surface area contributed by atoms with Gasteiger partial charge < -0.3 is 11.1 Å². The average molecular weight is 278 g/mol. The van der Waals surface area contributed by atoms with Crippen molar-refractivity contribution in [2.24, 2.45) is 11.7 Å². The van der Waals surface area contributed by atoms with Gasteiger partial charge >= 0.3 is 0 Å². The van der Waals surface area contributed by atoms with Crippen LogP contribution in [0.5, 0.6) is 0 Å². The highest BCUT2D eigenvalue weighted by Gasteiger charge is 2.32. The highest BCUT2D eigenvalue weighted by molar-refractivity contribution is 8.00. The zero-order chi connectivity index (χ0) is 13.7. The molecule has 0 aliphatic heterocycles. The number of benzene rings is 1. The summed E-state index contributed by atoms with van der Waals surface area (Å²) in [5.41, 5.74) is 5.73. The number of hydrogen-bond donors (Lipinski definition) is 2. The van der Waals surface area contributed by atoms with E-state index in [1.54, 1.807) is 11.8 Å². The summed E-state index contributed by atoms with van der Waals surface area (Å²) in [6, 6.07) is 10.2. The molecule has 2 rings (SSSR count). The largest absolute Gasteiger partial charge is 0.351 e. The van der Waals surface area contributed by atoms with Crippen molar-refractivity contribution in [1.82, 2.24) is 5.32 Å². The van der Waals surface area contributed by atoms with Gasteiger partial charge in [0, 0.05) is 17.5 Å². The molecule has 104 valence electrons. The highest BCUT2D eigenvalue weighted by atomic mass is 32.2. The Hall–Kier alpha value is -1.00. The zero-order valence-electron chi connectivity index (χ0n) is 11.3. The van der Waals surface area contributed by atoms with Crippen LogP contribution in [0.3, 0.4) is 0 Å². The highest BCUT2D eigenvalue weighted by Crippen LogP contribution is 2.33. The van der Waals surface area contributed by atoms with E-state index in [2.05, 4.69) is 12.2 Å². The maximum absolute atomic E-state index is 12.3. The van der Waals surface area contributed by atoms with E-state index in [1.807, 2.05) is 30.3 Å². The number of carbonyl (C=O) groups is 1. The van der Waals surface area contributed by atoms with Crippen LogP contribution in [0.2, 0.25) is 0 Å². The van der Waals surface area contributed by atoms with E-state index in [0.29, 0.717) is 12.5 Å². The van der Waals surface area contributed by atoms with Crippen molar-refractivity contribution >= 4 is 17.7 Å². The molecule has 3 N–H and O–H groups in total. The summed E-state index contributed by atoms with van der Waals surface area (Å²) in [7, 11) is 0. The van der Waals surface area contributed by atoms with Gasteiger partial charge in [-0.3, -0.25) is 4.79 Å². The van der Waals surface area contributed by atoms with Gasteiger partial charge in [-0.1, -0.05) is 25.1 Å². The van der Waals surface area contributed by atoms with Gasteiger partial charge in [0.25, 0.3) is 0 Å². The van der Waals surface area contributed by atoms with Crippen molar-refractivity contribution in [3.8, 4) is 0 Å². The maximum Gasteiger partial charge on any atom is 0.233 e. The predicted octanol–water partition coefficient (Wildman–Crippen LogP) is 2.41. The predicted molar refractivity (Wildman–Crippen MR) is 80.1 cm³/mol. The van der Waals surface area contributed by atoms with Gasteiger partial charge in [-0.05, 0) is 37.3 Å². The Kier molecular flexibility index (Phi) is 5.28. The second kappa shape index (κ2) is 6.96. The second-order valence-electron chi connectivity index (χ2n) is 5.02. The summed E-state index contributed by atoms with van der Waals surface area (Å²) in [6.07, 6.45) is 3.23. The van der Waals surface area contributed by atoms with Gasteiger partial charge in [-0.25, -0.2) is 0 Å². The molecule has 1 amide bonds. The SMILES string of the molecule is CCC(Sc1ccccc1)C(=O)NC(CN)C1CC1. The molecule has 1 aromatic rings. The minimum atomic E-state index is -0.0322. The van der Waals surface area contributed by atoms with Crippen molar-refractivity contribution in [2.75, 3.05) is 6.54 Å². The average Bonchev–Trinajstić information content (AvgIpc) is 3.27. The molecule has 3 nitrogen and oxygen atoms in total. The maximum atomic E-state index is 12.3. The first-order chi connectivity index (χ1) is 9.24. The van der Waals surface area contributed by atoms with Gasteiger partial charge in [0.1, 0.15) is 0 Å². The first-order valence-corrected chi connectivity index (χ1v) is 7.84. The smallest absolute Gasteiger partial charge is 0.233 e. The minimum absolute atomic E-state index is 0.0322. The molecule has 1 aromatic carbocycles. The lowest BCUT2D eigenvalue weighted by atomic mass is 10.2. The zero-order valence-corrected chi connectivity index (χ0v) is 12.2. The third kappa shape index (κ3) is 4.25. The molecule has 1 aliphatic carbocycles. The molecule has 1 fully saturated rings. The molecular formula is C15H22N2OS. The fourth-order valence-corrected chi connectivity index (χ4v) is 3.11. The van der Waals surface area contributed by atoms with Crippen molar-refractivity contribution in [2.45, 2.75) is 42.4 Å². The Bertz CT molecular complexity index is 406. The first kappa shape index (κ1) is 14.4. The van der Waals surface area contributed by atoms with E-state index in [0.717, 1.165) is 11.3 Å². The van der Waals surface area contributed by atoms with E-state index < -0.39 is 0 Å². The van der Waals surface area contributed by atoms with Gasteiger partial charge in [-0.2, -0.15) is 0 Å². The molecule has 0 saturated heterocycles. The molecule has 2 unspecified atom stereocenters. The Balaban J connectivity index is 1.91. The van der Waals surface area contributed by atoms with E-state index in [9.17, 15) is 4.79 Å². The molecule has 0 bridgehead atoms. The number of nitrogens with one attached hydrogen (secondary N) is 1. The van der Waals surface area contributed by atoms with E-state index >= 15 is 0 Å². The van der Waals surface area contributed by atoms with Crippen molar-refractivity contribution in [3.63, 3.8) is 0 Å². The van der Waals surface area contributed by atoms with Crippen LogP contribution in [-0.2, 0) is 4.79 Å². The number of amides is 1. The monoisotopic (exact) mass is 278 g/mol. The number of hydrogen-bond acceptors (Lipinski definition) is 3. The van der Waals surface area contributed by atoms with Gasteiger partial charge in [0.05, 0.1) is 5.25 Å². The summed E-state index contributed by atoms with van der Waals surface area (Å²) < 4.78 is 0.